The summed E-state index contributed by atoms with van der Waals surface area (Å²) in [5.74, 6) is -1.76. The number of nitrogens with one attached hydrogen (secondary N) is 1. The number of nitrogens with zero attached hydrogens (tertiary/aromatic N) is 3. The van der Waals surface area contributed by atoms with E-state index in [-0.39, 0.29) is 17.0 Å². The van der Waals surface area contributed by atoms with Gasteiger partial charge in [-0.1, -0.05) is 0 Å². The zero-order valence-electron chi connectivity index (χ0n) is 13.9. The number of carboxylic acid groups (broad SMARTS) is 1. The summed E-state index contributed by atoms with van der Waals surface area (Å²) in [7, 11) is 1.76. The number of anilines is 1. The Hall–Kier alpha value is -3.16. The van der Waals surface area contributed by atoms with Gasteiger partial charge in [-0.15, -0.1) is 0 Å². The van der Waals surface area contributed by atoms with Crippen molar-refractivity contribution >= 4 is 23.5 Å². The van der Waals surface area contributed by atoms with Gasteiger partial charge in [0.15, 0.2) is 0 Å². The smallest absolute Gasteiger partial charge is 0.335 e. The molecule has 1 saturated heterocycles. The minimum Gasteiger partial charge on any atom is -0.478 e. The molecule has 8 nitrogen and oxygen atoms in total. The third kappa shape index (κ3) is 3.37. The van der Waals surface area contributed by atoms with Gasteiger partial charge in [0.1, 0.15) is 6.04 Å². The van der Waals surface area contributed by atoms with E-state index in [1.807, 2.05) is 0 Å². The van der Waals surface area contributed by atoms with Crippen LogP contribution in [0.4, 0.5) is 5.69 Å². The fourth-order valence-corrected chi connectivity index (χ4v) is 2.90. The van der Waals surface area contributed by atoms with Crippen LogP contribution in [0.25, 0.3) is 0 Å². The predicted molar refractivity (Wildman–Crippen MR) is 89.6 cm³/mol. The second-order valence-electron chi connectivity index (χ2n) is 6.07. The van der Waals surface area contributed by atoms with Gasteiger partial charge >= 0.3 is 5.97 Å². The van der Waals surface area contributed by atoms with Gasteiger partial charge in [-0.05, 0) is 37.1 Å². The van der Waals surface area contributed by atoms with E-state index in [0.717, 1.165) is 0 Å². The fraction of sp³-hybridized carbons (Fsp3) is 0.294. The average Bonchev–Trinajstić information content (AvgIpc) is 3.13. The van der Waals surface area contributed by atoms with Gasteiger partial charge in [0, 0.05) is 25.4 Å². The SMILES string of the molecule is Cc1cc(C(=O)O)cc(C(=O)NC2CCN(c3cnn(C)c3)C2=O)c1. The van der Waals surface area contributed by atoms with Crippen LogP contribution in [-0.4, -0.2) is 45.3 Å². The van der Waals surface area contributed by atoms with E-state index in [1.165, 1.54) is 12.1 Å². The van der Waals surface area contributed by atoms with Gasteiger partial charge in [-0.25, -0.2) is 4.79 Å². The maximum Gasteiger partial charge on any atom is 0.335 e. The zero-order chi connectivity index (χ0) is 18.1. The molecule has 0 radical (unpaired) electrons. The van der Waals surface area contributed by atoms with Crippen LogP contribution in [0.2, 0.25) is 0 Å². The number of hydrogen-bond acceptors (Lipinski definition) is 4. The Kier molecular flexibility index (Phi) is 4.26. The lowest BCUT2D eigenvalue weighted by molar-refractivity contribution is -0.118. The highest BCUT2D eigenvalue weighted by atomic mass is 16.4. The topological polar surface area (TPSA) is 105 Å². The fourth-order valence-electron chi connectivity index (χ4n) is 2.90. The summed E-state index contributed by atoms with van der Waals surface area (Å²) in [5, 5.41) is 15.8. The summed E-state index contributed by atoms with van der Waals surface area (Å²) in [6.07, 6.45) is 3.82. The number of aromatic carboxylic acids is 1. The summed E-state index contributed by atoms with van der Waals surface area (Å²) >= 11 is 0. The van der Waals surface area contributed by atoms with Gasteiger partial charge in [-0.3, -0.25) is 14.3 Å². The van der Waals surface area contributed by atoms with E-state index < -0.39 is 17.9 Å². The molecule has 1 atom stereocenters. The molecule has 0 bridgehead atoms. The third-order valence-corrected chi connectivity index (χ3v) is 4.10. The molecule has 1 unspecified atom stereocenters. The normalized spacial score (nSPS) is 17.0. The monoisotopic (exact) mass is 342 g/mol. The standard InChI is InChI=1S/C17H18N4O4/c1-10-5-11(7-12(6-10)17(24)25)15(22)19-14-3-4-21(16(14)23)13-8-18-20(2)9-13/h5-9,14H,3-4H2,1-2H3,(H,19,22)(H,24,25). The Morgan fingerprint density at radius 1 is 1.28 bits per heavy atom. The predicted octanol–water partition coefficient (Wildman–Crippen LogP) is 0.962. The first-order valence-electron chi connectivity index (χ1n) is 7.81. The Morgan fingerprint density at radius 3 is 2.64 bits per heavy atom. The van der Waals surface area contributed by atoms with Crippen LogP contribution in [0.15, 0.2) is 30.6 Å². The third-order valence-electron chi connectivity index (χ3n) is 4.10. The molecule has 130 valence electrons. The van der Waals surface area contributed by atoms with E-state index in [9.17, 15) is 14.4 Å². The zero-order valence-corrected chi connectivity index (χ0v) is 13.9. The molecule has 2 aromatic rings. The van der Waals surface area contributed by atoms with Crippen LogP contribution >= 0.6 is 0 Å². The number of carbonyl (C=O) groups is 3. The maximum absolute atomic E-state index is 12.5. The van der Waals surface area contributed by atoms with Crippen molar-refractivity contribution in [3.63, 3.8) is 0 Å². The number of carboxylic acids is 1. The molecule has 1 aromatic carbocycles. The van der Waals surface area contributed by atoms with Gasteiger partial charge < -0.3 is 15.3 Å². The summed E-state index contributed by atoms with van der Waals surface area (Å²) in [6.45, 7) is 2.21. The molecular weight excluding hydrogens is 324 g/mol. The van der Waals surface area contributed by atoms with E-state index in [0.29, 0.717) is 24.2 Å². The van der Waals surface area contributed by atoms with Crippen LogP contribution in [0.5, 0.6) is 0 Å². The van der Waals surface area contributed by atoms with Crippen LogP contribution < -0.4 is 10.2 Å². The maximum atomic E-state index is 12.5. The second-order valence-corrected chi connectivity index (χ2v) is 6.07. The van der Waals surface area contributed by atoms with E-state index in [2.05, 4.69) is 10.4 Å². The molecular formula is C17H18N4O4. The summed E-state index contributed by atoms with van der Waals surface area (Å²) < 4.78 is 1.61. The number of carbonyl (C=O) groups excluding carboxylic acids is 2. The van der Waals surface area contributed by atoms with Gasteiger partial charge in [-0.2, -0.15) is 5.10 Å². The number of aromatic nitrogens is 2. The van der Waals surface area contributed by atoms with Crippen molar-refractivity contribution in [3.8, 4) is 0 Å². The average molecular weight is 342 g/mol. The molecule has 1 aromatic heterocycles. The Balaban J connectivity index is 1.74. The van der Waals surface area contributed by atoms with Crippen molar-refractivity contribution < 1.29 is 19.5 Å². The Labute approximate surface area is 144 Å². The molecule has 8 heteroatoms. The van der Waals surface area contributed by atoms with Crippen molar-refractivity contribution in [2.75, 3.05) is 11.4 Å². The van der Waals surface area contributed by atoms with Crippen molar-refractivity contribution in [2.45, 2.75) is 19.4 Å². The largest absolute Gasteiger partial charge is 0.478 e. The summed E-state index contributed by atoms with van der Waals surface area (Å²) in [4.78, 5) is 37.6. The lowest BCUT2D eigenvalue weighted by Crippen LogP contribution is -2.41. The van der Waals surface area contributed by atoms with Gasteiger partial charge in [0.25, 0.3) is 5.91 Å². The quantitative estimate of drug-likeness (QED) is 0.861. The molecule has 1 aliphatic rings. The van der Waals surface area contributed by atoms with E-state index in [4.69, 9.17) is 5.11 Å². The van der Waals surface area contributed by atoms with E-state index >= 15 is 0 Å². The highest BCUT2D eigenvalue weighted by Crippen LogP contribution is 2.21. The van der Waals surface area contributed by atoms with Gasteiger partial charge in [0.05, 0.1) is 17.4 Å². The second kappa shape index (κ2) is 6.39. The molecule has 0 saturated carbocycles. The van der Waals surface area contributed by atoms with Crippen molar-refractivity contribution in [1.82, 2.24) is 15.1 Å². The van der Waals surface area contributed by atoms with Crippen LogP contribution in [0.1, 0.15) is 32.7 Å². The first-order valence-corrected chi connectivity index (χ1v) is 7.81. The summed E-state index contributed by atoms with van der Waals surface area (Å²) in [6, 6.07) is 3.76. The molecule has 2 amide bonds. The first kappa shape index (κ1) is 16.7. The highest BCUT2D eigenvalue weighted by molar-refractivity contribution is 6.04. The lowest BCUT2D eigenvalue weighted by Gasteiger charge is -2.15. The molecule has 1 aliphatic heterocycles. The number of amides is 2. The number of hydrogen-bond donors (Lipinski definition) is 2. The van der Waals surface area contributed by atoms with E-state index in [1.54, 1.807) is 42.0 Å². The minimum atomic E-state index is -1.10. The van der Waals surface area contributed by atoms with Crippen LogP contribution in [0, 0.1) is 6.92 Å². The van der Waals surface area contributed by atoms with Crippen LogP contribution in [0.3, 0.4) is 0 Å². The van der Waals surface area contributed by atoms with Gasteiger partial charge in [0.2, 0.25) is 5.91 Å². The molecule has 3 rings (SSSR count). The molecule has 1 fully saturated rings. The number of aryl methyl sites for hydroxylation is 2. The lowest BCUT2D eigenvalue weighted by atomic mass is 10.1. The Bertz CT molecular complexity index is 858. The number of rotatable bonds is 4. The first-order chi connectivity index (χ1) is 11.8. The van der Waals surface area contributed by atoms with Crippen molar-refractivity contribution in [2.24, 2.45) is 7.05 Å². The molecule has 0 aliphatic carbocycles. The molecule has 2 heterocycles. The number of benzene rings is 1. The summed E-state index contributed by atoms with van der Waals surface area (Å²) in [5.41, 5.74) is 1.62. The minimum absolute atomic E-state index is 0.0416. The Morgan fingerprint density at radius 2 is 2.00 bits per heavy atom. The van der Waals surface area contributed by atoms with Crippen molar-refractivity contribution in [3.05, 3.63) is 47.3 Å². The van der Waals surface area contributed by atoms with Crippen molar-refractivity contribution in [1.29, 1.82) is 0 Å². The molecule has 25 heavy (non-hydrogen) atoms. The van der Waals surface area contributed by atoms with Crippen LogP contribution in [-0.2, 0) is 11.8 Å². The molecule has 0 spiro atoms. The molecule has 2 N–H and O–H groups in total. The highest BCUT2D eigenvalue weighted by Gasteiger charge is 2.34.